The first-order valence-electron chi connectivity index (χ1n) is 4.60. The minimum atomic E-state index is -4.93. The summed E-state index contributed by atoms with van der Waals surface area (Å²) in [5.41, 5.74) is 5.58. The van der Waals surface area contributed by atoms with Gasteiger partial charge in [-0.1, -0.05) is 3.89 Å². The van der Waals surface area contributed by atoms with E-state index in [1.165, 1.54) is 6.92 Å². The van der Waals surface area contributed by atoms with Gasteiger partial charge in [-0.2, -0.15) is 8.42 Å². The van der Waals surface area contributed by atoms with E-state index in [1.807, 2.05) is 0 Å². The molecule has 0 aromatic carbocycles. The molecule has 0 bridgehead atoms. The monoisotopic (exact) mass is 252 g/mol. The van der Waals surface area contributed by atoms with Gasteiger partial charge in [-0.25, -0.2) is 0 Å². The Kier molecular flexibility index (Phi) is 3.61. The molecule has 0 unspecified atom stereocenters. The van der Waals surface area contributed by atoms with Crippen molar-refractivity contribution in [3.63, 3.8) is 0 Å². The molecule has 1 aromatic heterocycles. The van der Waals surface area contributed by atoms with Crippen molar-refractivity contribution in [2.75, 3.05) is 0 Å². The van der Waals surface area contributed by atoms with Gasteiger partial charge >= 0.3 is 10.2 Å². The van der Waals surface area contributed by atoms with Crippen LogP contribution in [0.2, 0.25) is 0 Å². The number of rotatable bonds is 4. The Morgan fingerprint density at radius 3 is 2.50 bits per heavy atom. The molecule has 0 saturated heterocycles. The molecule has 0 aliphatic carbocycles. The van der Waals surface area contributed by atoms with Crippen LogP contribution in [-0.4, -0.2) is 34.4 Å². The minimum absolute atomic E-state index is 0.0359. The van der Waals surface area contributed by atoms with Gasteiger partial charge in [0.1, 0.15) is 0 Å². The molecule has 1 rings (SSSR count). The SMILES string of the molecule is CCn1c([C@@H](N)[C@H](C)O)nnc1S(=O)(=O)F. The van der Waals surface area contributed by atoms with Crippen molar-refractivity contribution >= 4 is 10.2 Å². The highest BCUT2D eigenvalue weighted by Gasteiger charge is 2.27. The normalized spacial score (nSPS) is 16.1. The topological polar surface area (TPSA) is 111 Å². The molecule has 0 radical (unpaired) electrons. The second-order valence-electron chi connectivity index (χ2n) is 3.29. The van der Waals surface area contributed by atoms with Crippen LogP contribution >= 0.6 is 0 Å². The van der Waals surface area contributed by atoms with Crippen molar-refractivity contribution in [1.29, 1.82) is 0 Å². The third-order valence-electron chi connectivity index (χ3n) is 2.10. The van der Waals surface area contributed by atoms with E-state index in [0.717, 1.165) is 4.57 Å². The number of aromatic nitrogens is 3. The molecule has 1 aromatic rings. The first-order valence-corrected chi connectivity index (χ1v) is 5.98. The number of hydrogen-bond acceptors (Lipinski definition) is 6. The van der Waals surface area contributed by atoms with Gasteiger partial charge in [0.2, 0.25) is 0 Å². The Hall–Kier alpha value is -1.06. The third kappa shape index (κ3) is 2.36. The van der Waals surface area contributed by atoms with Gasteiger partial charge in [0.15, 0.2) is 5.82 Å². The van der Waals surface area contributed by atoms with Gasteiger partial charge < -0.3 is 10.8 Å². The van der Waals surface area contributed by atoms with Crippen LogP contribution in [0.4, 0.5) is 3.89 Å². The van der Waals surface area contributed by atoms with Gasteiger partial charge in [0.05, 0.1) is 12.1 Å². The maximum atomic E-state index is 12.8. The van der Waals surface area contributed by atoms with E-state index in [-0.39, 0.29) is 12.4 Å². The molecular formula is C7H13FN4O3S. The zero-order valence-electron chi connectivity index (χ0n) is 8.83. The lowest BCUT2D eigenvalue weighted by molar-refractivity contribution is 0.158. The molecule has 16 heavy (non-hydrogen) atoms. The molecule has 2 atom stereocenters. The molecule has 7 nitrogen and oxygen atoms in total. The lowest BCUT2D eigenvalue weighted by atomic mass is 10.2. The largest absolute Gasteiger partial charge is 0.391 e. The van der Waals surface area contributed by atoms with Gasteiger partial charge in [-0.15, -0.1) is 10.2 Å². The molecule has 0 spiro atoms. The van der Waals surface area contributed by atoms with Crippen LogP contribution in [0.5, 0.6) is 0 Å². The summed E-state index contributed by atoms with van der Waals surface area (Å²) in [6.07, 6.45) is -0.940. The molecule has 9 heteroatoms. The summed E-state index contributed by atoms with van der Waals surface area (Å²) < 4.78 is 35.3. The van der Waals surface area contributed by atoms with Crippen LogP contribution in [0.15, 0.2) is 5.16 Å². The third-order valence-corrected chi connectivity index (χ3v) is 2.84. The highest BCUT2D eigenvalue weighted by molar-refractivity contribution is 7.86. The Labute approximate surface area is 92.3 Å². The van der Waals surface area contributed by atoms with E-state index >= 15 is 0 Å². The lowest BCUT2D eigenvalue weighted by Gasteiger charge is -2.14. The van der Waals surface area contributed by atoms with E-state index in [1.54, 1.807) is 6.92 Å². The fourth-order valence-corrected chi connectivity index (χ4v) is 1.86. The number of nitrogens with zero attached hydrogens (tertiary/aromatic N) is 3. The first-order chi connectivity index (χ1) is 7.29. The fraction of sp³-hybridized carbons (Fsp3) is 0.714. The van der Waals surface area contributed by atoms with Gasteiger partial charge in [-0.05, 0) is 13.8 Å². The lowest BCUT2D eigenvalue weighted by Crippen LogP contribution is -2.27. The summed E-state index contributed by atoms with van der Waals surface area (Å²) in [7, 11) is -4.93. The van der Waals surface area contributed by atoms with Crippen LogP contribution in [0.3, 0.4) is 0 Å². The van der Waals surface area contributed by atoms with Crippen molar-refractivity contribution in [3.05, 3.63) is 5.82 Å². The number of aliphatic hydroxyl groups excluding tert-OH is 1. The Morgan fingerprint density at radius 1 is 1.56 bits per heavy atom. The molecule has 0 amide bonds. The highest BCUT2D eigenvalue weighted by Crippen LogP contribution is 2.17. The van der Waals surface area contributed by atoms with E-state index in [9.17, 15) is 17.4 Å². The predicted octanol–water partition coefficient (Wildman–Crippen LogP) is -0.663. The van der Waals surface area contributed by atoms with Crippen molar-refractivity contribution < 1.29 is 17.4 Å². The van der Waals surface area contributed by atoms with E-state index < -0.39 is 27.5 Å². The number of halogens is 1. The number of nitrogens with two attached hydrogens (primary N) is 1. The molecule has 1 heterocycles. The number of hydrogen-bond donors (Lipinski definition) is 2. The maximum absolute atomic E-state index is 12.8. The first kappa shape index (κ1) is 13.0. The van der Waals surface area contributed by atoms with Crippen LogP contribution in [-0.2, 0) is 16.8 Å². The smallest absolute Gasteiger partial charge is 0.368 e. The van der Waals surface area contributed by atoms with Crippen molar-refractivity contribution in [1.82, 2.24) is 14.8 Å². The highest BCUT2D eigenvalue weighted by atomic mass is 32.3. The average Bonchev–Trinajstić information content (AvgIpc) is 2.58. The standard InChI is InChI=1S/C7H13FN4O3S/c1-3-12-6(5(9)4(2)13)10-11-7(12)16(8,14)15/h4-5,13H,3,9H2,1-2H3/t4-,5-/m0/s1. The molecule has 0 saturated carbocycles. The zero-order valence-corrected chi connectivity index (χ0v) is 9.65. The number of aliphatic hydroxyl groups is 1. The van der Waals surface area contributed by atoms with Crippen LogP contribution < -0.4 is 5.73 Å². The summed E-state index contributed by atoms with van der Waals surface area (Å²) >= 11 is 0. The van der Waals surface area contributed by atoms with E-state index in [0.29, 0.717) is 0 Å². The molecule has 3 N–H and O–H groups in total. The fourth-order valence-electron chi connectivity index (χ4n) is 1.24. The van der Waals surface area contributed by atoms with E-state index in [2.05, 4.69) is 10.2 Å². The minimum Gasteiger partial charge on any atom is -0.391 e. The molecule has 0 aliphatic heterocycles. The average molecular weight is 252 g/mol. The van der Waals surface area contributed by atoms with Crippen LogP contribution in [0.25, 0.3) is 0 Å². The summed E-state index contributed by atoms with van der Waals surface area (Å²) in [6, 6.07) is -0.914. The Morgan fingerprint density at radius 2 is 2.12 bits per heavy atom. The van der Waals surface area contributed by atoms with E-state index in [4.69, 9.17) is 5.73 Å². The summed E-state index contributed by atoms with van der Waals surface area (Å²) in [6.45, 7) is 3.15. The second kappa shape index (κ2) is 4.44. The van der Waals surface area contributed by atoms with Gasteiger partial charge in [0.25, 0.3) is 5.16 Å². The summed E-state index contributed by atoms with van der Waals surface area (Å²) in [5.74, 6) is 0.0359. The van der Waals surface area contributed by atoms with Crippen LogP contribution in [0.1, 0.15) is 25.7 Å². The molecular weight excluding hydrogens is 239 g/mol. The van der Waals surface area contributed by atoms with Crippen LogP contribution in [0, 0.1) is 0 Å². The zero-order chi connectivity index (χ0) is 12.5. The van der Waals surface area contributed by atoms with Gasteiger partial charge in [0, 0.05) is 6.54 Å². The predicted molar refractivity (Wildman–Crippen MR) is 52.6 cm³/mol. The molecule has 0 fully saturated rings. The summed E-state index contributed by atoms with van der Waals surface area (Å²) in [5, 5.41) is 15.2. The van der Waals surface area contributed by atoms with Crippen molar-refractivity contribution in [2.24, 2.45) is 5.73 Å². The van der Waals surface area contributed by atoms with Crippen molar-refractivity contribution in [3.8, 4) is 0 Å². The van der Waals surface area contributed by atoms with Crippen molar-refractivity contribution in [2.45, 2.75) is 37.7 Å². The Bertz CT molecular complexity index is 470. The second-order valence-corrected chi connectivity index (χ2v) is 4.53. The summed E-state index contributed by atoms with van der Waals surface area (Å²) in [4.78, 5) is 0. The quantitative estimate of drug-likeness (QED) is 0.688. The Balaban J connectivity index is 3.30. The maximum Gasteiger partial charge on any atom is 0.368 e. The van der Waals surface area contributed by atoms with Gasteiger partial charge in [-0.3, -0.25) is 4.57 Å². The molecule has 0 aliphatic rings. The molecule has 92 valence electrons.